The number of nitrogens with zero attached hydrogens (tertiary/aromatic N) is 2. The van der Waals surface area contributed by atoms with Gasteiger partial charge in [0.25, 0.3) is 5.56 Å². The van der Waals surface area contributed by atoms with E-state index in [-0.39, 0.29) is 11.2 Å². The number of pyridine rings is 2. The highest BCUT2D eigenvalue weighted by Crippen LogP contribution is 2.37. The van der Waals surface area contributed by atoms with Gasteiger partial charge >= 0.3 is 0 Å². The highest BCUT2D eigenvalue weighted by atomic mass is 35.5. The second kappa shape index (κ2) is 5.29. The van der Waals surface area contributed by atoms with Gasteiger partial charge in [0.05, 0.1) is 17.2 Å². The Bertz CT molecular complexity index is 1230. The maximum absolute atomic E-state index is 14.0. The van der Waals surface area contributed by atoms with Gasteiger partial charge in [0, 0.05) is 10.9 Å². The molecule has 0 atom stereocenters. The number of fused-ring (bicyclic) bond motifs is 2. The maximum Gasteiger partial charge on any atom is 0.272 e. The van der Waals surface area contributed by atoms with Crippen molar-refractivity contribution in [1.29, 1.82) is 0 Å². The second-order valence-corrected chi connectivity index (χ2v) is 6.23. The van der Waals surface area contributed by atoms with Crippen LogP contribution in [0.3, 0.4) is 0 Å². The smallest absolute Gasteiger partial charge is 0.272 e. The SMILES string of the molecule is Cc1c(Cl)nc2c(-c3ccc(F)c4[nH]ncc34)c(N)c(=O)[nH]c2c1C. The van der Waals surface area contributed by atoms with Crippen molar-refractivity contribution >= 4 is 39.2 Å². The van der Waals surface area contributed by atoms with E-state index in [2.05, 4.69) is 20.2 Å². The Morgan fingerprint density at radius 2 is 1.96 bits per heavy atom. The van der Waals surface area contributed by atoms with Crippen LogP contribution in [-0.2, 0) is 0 Å². The molecule has 0 radical (unpaired) electrons. The third-order valence-electron chi connectivity index (χ3n) is 4.52. The molecule has 0 amide bonds. The van der Waals surface area contributed by atoms with Crippen molar-refractivity contribution in [3.8, 4) is 11.1 Å². The van der Waals surface area contributed by atoms with E-state index in [1.165, 1.54) is 12.3 Å². The fourth-order valence-electron chi connectivity index (χ4n) is 3.01. The van der Waals surface area contributed by atoms with Crippen LogP contribution in [0.25, 0.3) is 33.1 Å². The standard InChI is InChI=1S/C17H13ClFN5O/c1-6-7(2)16(18)22-15-11(12(20)17(25)23-13(6)15)8-3-4-10(19)14-9(8)5-21-24-14/h3-5H,20H2,1-2H3,(H,21,24)(H,23,25). The van der Waals surface area contributed by atoms with Crippen molar-refractivity contribution in [3.05, 3.63) is 50.8 Å². The van der Waals surface area contributed by atoms with Crippen molar-refractivity contribution in [2.24, 2.45) is 0 Å². The fourth-order valence-corrected chi connectivity index (χ4v) is 3.23. The van der Waals surface area contributed by atoms with Gasteiger partial charge in [-0.3, -0.25) is 9.89 Å². The first-order chi connectivity index (χ1) is 11.9. The molecule has 0 unspecified atom stereocenters. The van der Waals surface area contributed by atoms with Crippen molar-refractivity contribution in [2.75, 3.05) is 5.73 Å². The Morgan fingerprint density at radius 3 is 2.72 bits per heavy atom. The minimum absolute atomic E-state index is 0.00609. The number of hydrogen-bond acceptors (Lipinski definition) is 4. The lowest BCUT2D eigenvalue weighted by Gasteiger charge is -2.14. The lowest BCUT2D eigenvalue weighted by atomic mass is 9.97. The molecule has 4 N–H and O–H groups in total. The number of rotatable bonds is 1. The Hall–Kier alpha value is -2.93. The molecule has 126 valence electrons. The normalized spacial score (nSPS) is 11.5. The molecule has 0 saturated carbocycles. The number of H-pyrrole nitrogens is 2. The zero-order valence-electron chi connectivity index (χ0n) is 13.4. The molecule has 0 saturated heterocycles. The summed E-state index contributed by atoms with van der Waals surface area (Å²) in [6.07, 6.45) is 1.49. The van der Waals surface area contributed by atoms with Gasteiger partial charge in [-0.25, -0.2) is 9.37 Å². The predicted octanol–water partition coefficient (Wildman–Crippen LogP) is 3.46. The van der Waals surface area contributed by atoms with Crippen LogP contribution in [0.15, 0.2) is 23.1 Å². The van der Waals surface area contributed by atoms with E-state index in [4.69, 9.17) is 17.3 Å². The zero-order chi connectivity index (χ0) is 17.9. The van der Waals surface area contributed by atoms with Gasteiger partial charge in [0.2, 0.25) is 0 Å². The van der Waals surface area contributed by atoms with Crippen molar-refractivity contribution in [3.63, 3.8) is 0 Å². The van der Waals surface area contributed by atoms with Gasteiger partial charge in [0.1, 0.15) is 22.2 Å². The van der Waals surface area contributed by atoms with Crippen LogP contribution in [0.5, 0.6) is 0 Å². The minimum atomic E-state index is -0.443. The van der Waals surface area contributed by atoms with Gasteiger partial charge in [-0.1, -0.05) is 17.7 Å². The molecular formula is C17H13ClFN5O. The maximum atomic E-state index is 14.0. The molecule has 0 fully saturated rings. The van der Waals surface area contributed by atoms with Crippen molar-refractivity contribution in [1.82, 2.24) is 20.2 Å². The number of nitrogens with two attached hydrogens (primary N) is 1. The van der Waals surface area contributed by atoms with Crippen molar-refractivity contribution in [2.45, 2.75) is 13.8 Å². The molecule has 0 spiro atoms. The van der Waals surface area contributed by atoms with Crippen LogP contribution in [0, 0.1) is 19.7 Å². The van der Waals surface area contributed by atoms with Gasteiger partial charge in [-0.2, -0.15) is 5.10 Å². The molecule has 3 heterocycles. The van der Waals surface area contributed by atoms with Crippen LogP contribution in [0.4, 0.5) is 10.1 Å². The first-order valence-electron chi connectivity index (χ1n) is 7.50. The summed E-state index contributed by atoms with van der Waals surface area (Å²) in [6, 6.07) is 2.85. The quantitative estimate of drug-likeness (QED) is 0.454. The topological polar surface area (TPSA) is 100 Å². The number of aromatic amines is 2. The van der Waals surface area contributed by atoms with E-state index in [0.717, 1.165) is 11.1 Å². The van der Waals surface area contributed by atoms with E-state index in [1.54, 1.807) is 6.07 Å². The number of halogens is 2. The molecule has 6 nitrogen and oxygen atoms in total. The summed E-state index contributed by atoms with van der Waals surface area (Å²) in [7, 11) is 0. The summed E-state index contributed by atoms with van der Waals surface area (Å²) in [4.78, 5) is 19.6. The Morgan fingerprint density at radius 1 is 1.20 bits per heavy atom. The van der Waals surface area contributed by atoms with Gasteiger partial charge < -0.3 is 10.7 Å². The first kappa shape index (κ1) is 15.6. The monoisotopic (exact) mass is 357 g/mol. The molecule has 0 bridgehead atoms. The Balaban J connectivity index is 2.25. The molecule has 3 aromatic heterocycles. The van der Waals surface area contributed by atoms with Crippen LogP contribution in [-0.4, -0.2) is 20.2 Å². The van der Waals surface area contributed by atoms with Crippen molar-refractivity contribution < 1.29 is 4.39 Å². The fraction of sp³-hybridized carbons (Fsp3) is 0.118. The zero-order valence-corrected chi connectivity index (χ0v) is 14.1. The third-order valence-corrected chi connectivity index (χ3v) is 4.88. The number of nitrogen functional groups attached to an aromatic ring is 1. The summed E-state index contributed by atoms with van der Waals surface area (Å²) in [5, 5.41) is 7.34. The molecular weight excluding hydrogens is 345 g/mol. The second-order valence-electron chi connectivity index (χ2n) is 5.87. The molecule has 4 aromatic rings. The van der Waals surface area contributed by atoms with E-state index >= 15 is 0 Å². The molecule has 1 aromatic carbocycles. The number of aromatic nitrogens is 4. The largest absolute Gasteiger partial charge is 0.394 e. The number of anilines is 1. The lowest BCUT2D eigenvalue weighted by Crippen LogP contribution is -2.15. The molecule has 8 heteroatoms. The average Bonchev–Trinajstić information content (AvgIpc) is 3.07. The van der Waals surface area contributed by atoms with Crippen LogP contribution < -0.4 is 11.3 Å². The molecule has 0 aliphatic heterocycles. The van der Waals surface area contributed by atoms with Gasteiger partial charge in [-0.15, -0.1) is 0 Å². The summed E-state index contributed by atoms with van der Waals surface area (Å²) in [5.74, 6) is -0.443. The number of aryl methyl sites for hydroxylation is 1. The minimum Gasteiger partial charge on any atom is -0.394 e. The summed E-state index contributed by atoms with van der Waals surface area (Å²) in [5.41, 5.74) is 9.42. The average molecular weight is 358 g/mol. The Labute approximate surface area is 145 Å². The number of benzene rings is 1. The highest BCUT2D eigenvalue weighted by molar-refractivity contribution is 6.31. The molecule has 0 aliphatic rings. The third kappa shape index (κ3) is 2.12. The van der Waals surface area contributed by atoms with E-state index in [0.29, 0.717) is 32.7 Å². The lowest BCUT2D eigenvalue weighted by molar-refractivity contribution is 0.636. The van der Waals surface area contributed by atoms with Gasteiger partial charge in [-0.05, 0) is 36.6 Å². The molecule has 25 heavy (non-hydrogen) atoms. The number of hydrogen-bond donors (Lipinski definition) is 3. The summed E-state index contributed by atoms with van der Waals surface area (Å²) in [6.45, 7) is 3.67. The first-order valence-corrected chi connectivity index (χ1v) is 7.88. The predicted molar refractivity (Wildman–Crippen MR) is 96.3 cm³/mol. The van der Waals surface area contributed by atoms with E-state index in [9.17, 15) is 9.18 Å². The summed E-state index contributed by atoms with van der Waals surface area (Å²) < 4.78 is 14.0. The number of nitrogens with one attached hydrogen (secondary N) is 2. The Kier molecular flexibility index (Phi) is 3.30. The summed E-state index contributed by atoms with van der Waals surface area (Å²) >= 11 is 6.24. The molecule has 0 aliphatic carbocycles. The highest BCUT2D eigenvalue weighted by Gasteiger charge is 2.20. The van der Waals surface area contributed by atoms with Crippen LogP contribution in [0.1, 0.15) is 11.1 Å². The van der Waals surface area contributed by atoms with E-state index < -0.39 is 11.4 Å². The van der Waals surface area contributed by atoms with E-state index in [1.807, 2.05) is 13.8 Å². The van der Waals surface area contributed by atoms with Crippen LogP contribution in [0.2, 0.25) is 5.15 Å². The van der Waals surface area contributed by atoms with Gasteiger partial charge in [0.15, 0.2) is 0 Å². The molecule has 4 rings (SSSR count). The van der Waals surface area contributed by atoms with Crippen LogP contribution >= 0.6 is 11.6 Å².